The third-order valence-electron chi connectivity index (χ3n) is 4.14. The molecule has 0 radical (unpaired) electrons. The Morgan fingerprint density at radius 1 is 1.06 bits per heavy atom. The highest BCUT2D eigenvalue weighted by molar-refractivity contribution is 5.37. The lowest BCUT2D eigenvalue weighted by Gasteiger charge is -2.31. The smallest absolute Gasteiger partial charge is 0.0613 e. The van der Waals surface area contributed by atoms with Crippen molar-refractivity contribution in [2.24, 2.45) is 0 Å². The number of nitrogens with one attached hydrogen (secondary N) is 1. The molecule has 102 valence electrons. The summed E-state index contributed by atoms with van der Waals surface area (Å²) >= 11 is 0. The van der Waals surface area contributed by atoms with Crippen molar-refractivity contribution < 1.29 is 5.11 Å². The number of hydrogen-bond acceptors (Lipinski definition) is 2. The number of rotatable bonds is 6. The summed E-state index contributed by atoms with van der Waals surface area (Å²) in [6.07, 6.45) is 1.90. The van der Waals surface area contributed by atoms with Gasteiger partial charge in [-0.3, -0.25) is 0 Å². The Hall–Kier alpha value is -0.860. The summed E-state index contributed by atoms with van der Waals surface area (Å²) in [6, 6.07) is 4.45. The molecule has 0 saturated heterocycles. The number of aliphatic hydroxyl groups is 1. The maximum Gasteiger partial charge on any atom is 0.0613 e. The second-order valence-electron chi connectivity index (χ2n) is 5.38. The fourth-order valence-corrected chi connectivity index (χ4v) is 2.54. The van der Waals surface area contributed by atoms with Crippen LogP contribution in [0.15, 0.2) is 12.1 Å². The molecule has 0 aliphatic heterocycles. The monoisotopic (exact) mass is 249 g/mol. The first-order valence-electron chi connectivity index (χ1n) is 6.90. The predicted octanol–water partition coefficient (Wildman–Crippen LogP) is 3.25. The van der Waals surface area contributed by atoms with Gasteiger partial charge in [-0.1, -0.05) is 31.5 Å². The topological polar surface area (TPSA) is 32.3 Å². The molecule has 1 aromatic rings. The minimum atomic E-state index is -0.135. The molecule has 0 heterocycles. The van der Waals surface area contributed by atoms with E-state index in [2.05, 4.69) is 52.1 Å². The first kappa shape index (κ1) is 15.2. The molecular formula is C16H27NO. The first-order valence-corrected chi connectivity index (χ1v) is 6.90. The van der Waals surface area contributed by atoms with Crippen molar-refractivity contribution >= 4 is 0 Å². The van der Waals surface area contributed by atoms with Crippen molar-refractivity contribution in [2.75, 3.05) is 6.61 Å². The average Bonchev–Trinajstić information content (AvgIpc) is 2.33. The van der Waals surface area contributed by atoms with Crippen molar-refractivity contribution in [1.82, 2.24) is 5.32 Å². The van der Waals surface area contributed by atoms with Crippen LogP contribution in [0.2, 0.25) is 0 Å². The van der Waals surface area contributed by atoms with Crippen molar-refractivity contribution in [3.05, 3.63) is 34.4 Å². The minimum absolute atomic E-state index is 0.135. The van der Waals surface area contributed by atoms with E-state index in [1.807, 2.05) is 0 Å². The standard InChI is InChI=1S/C16H27NO/c1-6-16(7-2,11-18)17-10-15-13(4)8-12(3)9-14(15)5/h8-9,17-18H,6-7,10-11H2,1-5H3. The molecule has 0 fully saturated rings. The summed E-state index contributed by atoms with van der Waals surface area (Å²) in [5.74, 6) is 0. The van der Waals surface area contributed by atoms with Gasteiger partial charge in [-0.15, -0.1) is 0 Å². The van der Waals surface area contributed by atoms with Crippen LogP contribution in [0.5, 0.6) is 0 Å². The highest BCUT2D eigenvalue weighted by Gasteiger charge is 2.24. The molecular weight excluding hydrogens is 222 g/mol. The molecule has 2 N–H and O–H groups in total. The first-order chi connectivity index (χ1) is 8.48. The van der Waals surface area contributed by atoms with Crippen LogP contribution in [0.25, 0.3) is 0 Å². The molecule has 0 spiro atoms. The summed E-state index contributed by atoms with van der Waals surface area (Å²) in [4.78, 5) is 0. The summed E-state index contributed by atoms with van der Waals surface area (Å²) in [7, 11) is 0. The van der Waals surface area contributed by atoms with Crippen molar-refractivity contribution in [1.29, 1.82) is 0 Å². The molecule has 2 heteroatoms. The molecule has 0 aromatic heterocycles. The van der Waals surface area contributed by atoms with Gasteiger partial charge in [0.25, 0.3) is 0 Å². The van der Waals surface area contributed by atoms with Gasteiger partial charge in [0, 0.05) is 12.1 Å². The van der Waals surface area contributed by atoms with Crippen LogP contribution < -0.4 is 5.32 Å². The van der Waals surface area contributed by atoms with Crippen LogP contribution in [0, 0.1) is 20.8 Å². The number of benzene rings is 1. The molecule has 18 heavy (non-hydrogen) atoms. The number of aliphatic hydroxyl groups excluding tert-OH is 1. The van der Waals surface area contributed by atoms with E-state index < -0.39 is 0 Å². The second kappa shape index (κ2) is 6.35. The highest BCUT2D eigenvalue weighted by atomic mass is 16.3. The summed E-state index contributed by atoms with van der Waals surface area (Å²) in [6.45, 7) is 11.7. The van der Waals surface area contributed by atoms with Gasteiger partial charge in [-0.05, 0) is 50.3 Å². The lowest BCUT2D eigenvalue weighted by molar-refractivity contribution is 0.149. The molecule has 0 aliphatic rings. The van der Waals surface area contributed by atoms with Gasteiger partial charge in [0.15, 0.2) is 0 Å². The number of hydrogen-bond donors (Lipinski definition) is 2. The lowest BCUT2D eigenvalue weighted by atomic mass is 9.92. The normalized spacial score (nSPS) is 11.9. The molecule has 0 amide bonds. The molecule has 0 unspecified atom stereocenters. The maximum absolute atomic E-state index is 9.57. The largest absolute Gasteiger partial charge is 0.394 e. The molecule has 1 rings (SSSR count). The summed E-state index contributed by atoms with van der Waals surface area (Å²) < 4.78 is 0. The molecule has 0 saturated carbocycles. The van der Waals surface area contributed by atoms with Gasteiger partial charge < -0.3 is 10.4 Å². The Bertz CT molecular complexity index is 363. The quantitative estimate of drug-likeness (QED) is 0.811. The maximum atomic E-state index is 9.57. The Kier molecular flexibility index (Phi) is 5.36. The molecule has 1 aromatic carbocycles. The van der Waals surface area contributed by atoms with Crippen LogP contribution in [0.3, 0.4) is 0 Å². The Morgan fingerprint density at radius 2 is 1.56 bits per heavy atom. The van der Waals surface area contributed by atoms with E-state index in [0.717, 1.165) is 19.4 Å². The third kappa shape index (κ3) is 3.33. The molecule has 0 bridgehead atoms. The lowest BCUT2D eigenvalue weighted by Crippen LogP contribution is -2.47. The van der Waals surface area contributed by atoms with Crippen molar-refractivity contribution in [3.63, 3.8) is 0 Å². The van der Waals surface area contributed by atoms with E-state index >= 15 is 0 Å². The third-order valence-corrected chi connectivity index (χ3v) is 4.14. The van der Waals surface area contributed by atoms with Crippen LogP contribution in [0.1, 0.15) is 48.9 Å². The van der Waals surface area contributed by atoms with Gasteiger partial charge >= 0.3 is 0 Å². The Labute approximate surface area is 111 Å². The van der Waals surface area contributed by atoms with Crippen LogP contribution in [0.4, 0.5) is 0 Å². The zero-order valence-electron chi connectivity index (χ0n) is 12.4. The van der Waals surface area contributed by atoms with Crippen molar-refractivity contribution in [2.45, 2.75) is 59.5 Å². The van der Waals surface area contributed by atoms with Crippen LogP contribution >= 0.6 is 0 Å². The Morgan fingerprint density at radius 3 is 1.94 bits per heavy atom. The molecule has 2 nitrogen and oxygen atoms in total. The van der Waals surface area contributed by atoms with Crippen LogP contribution in [-0.2, 0) is 6.54 Å². The van der Waals surface area contributed by atoms with Gasteiger partial charge in [0.05, 0.1) is 6.61 Å². The molecule has 0 atom stereocenters. The zero-order valence-corrected chi connectivity index (χ0v) is 12.4. The van der Waals surface area contributed by atoms with E-state index in [4.69, 9.17) is 0 Å². The Balaban J connectivity index is 2.86. The fourth-order valence-electron chi connectivity index (χ4n) is 2.54. The predicted molar refractivity (Wildman–Crippen MR) is 77.9 cm³/mol. The average molecular weight is 249 g/mol. The van der Waals surface area contributed by atoms with E-state index in [9.17, 15) is 5.11 Å². The molecule has 0 aliphatic carbocycles. The highest BCUT2D eigenvalue weighted by Crippen LogP contribution is 2.19. The van der Waals surface area contributed by atoms with E-state index in [1.54, 1.807) is 0 Å². The van der Waals surface area contributed by atoms with Gasteiger partial charge in [-0.25, -0.2) is 0 Å². The summed E-state index contributed by atoms with van der Waals surface area (Å²) in [5.41, 5.74) is 5.20. The van der Waals surface area contributed by atoms with Gasteiger partial charge in [-0.2, -0.15) is 0 Å². The zero-order chi connectivity index (χ0) is 13.8. The van der Waals surface area contributed by atoms with Gasteiger partial charge in [0.2, 0.25) is 0 Å². The second-order valence-corrected chi connectivity index (χ2v) is 5.38. The summed E-state index contributed by atoms with van der Waals surface area (Å²) in [5, 5.41) is 13.1. The minimum Gasteiger partial charge on any atom is -0.394 e. The van der Waals surface area contributed by atoms with Gasteiger partial charge in [0.1, 0.15) is 0 Å². The number of aryl methyl sites for hydroxylation is 3. The van der Waals surface area contributed by atoms with E-state index in [1.165, 1.54) is 22.3 Å². The van der Waals surface area contributed by atoms with Crippen LogP contribution in [-0.4, -0.2) is 17.3 Å². The SMILES string of the molecule is CCC(CC)(CO)NCc1c(C)cc(C)cc1C. The van der Waals surface area contributed by atoms with Crippen molar-refractivity contribution in [3.8, 4) is 0 Å². The van der Waals surface area contributed by atoms with E-state index in [-0.39, 0.29) is 12.1 Å². The van der Waals surface area contributed by atoms with E-state index in [0.29, 0.717) is 0 Å². The fraction of sp³-hybridized carbons (Fsp3) is 0.625.